The van der Waals surface area contributed by atoms with Crippen molar-refractivity contribution in [1.29, 1.82) is 0 Å². The van der Waals surface area contributed by atoms with Gasteiger partial charge in [0, 0.05) is 0 Å². The second-order valence-electron chi connectivity index (χ2n) is 4.26. The molecule has 1 rings (SSSR count). The molecule has 0 saturated heterocycles. The maximum atomic E-state index is 10.7. The molecule has 0 spiro atoms. The van der Waals surface area contributed by atoms with Gasteiger partial charge < -0.3 is 20.1 Å². The Bertz CT molecular complexity index is 404. The van der Waals surface area contributed by atoms with Gasteiger partial charge in [-0.25, -0.2) is 0 Å². The first-order valence-electron chi connectivity index (χ1n) is 5.86. The molecule has 0 aliphatic heterocycles. The summed E-state index contributed by atoms with van der Waals surface area (Å²) in [4.78, 5) is 10.7. The summed E-state index contributed by atoms with van der Waals surface area (Å²) in [6.45, 7) is 3.88. The van der Waals surface area contributed by atoms with Crippen LogP contribution < -0.4 is 4.74 Å². The second kappa shape index (κ2) is 6.14. The highest BCUT2D eigenvalue weighted by Crippen LogP contribution is 2.37. The van der Waals surface area contributed by atoms with E-state index in [9.17, 15) is 15.0 Å². The zero-order valence-electron chi connectivity index (χ0n) is 10.5. The van der Waals surface area contributed by atoms with Gasteiger partial charge in [-0.05, 0) is 30.5 Å². The summed E-state index contributed by atoms with van der Waals surface area (Å²) in [5, 5.41) is 28.2. The maximum Gasteiger partial charge on any atom is 0.306 e. The molecule has 5 nitrogen and oxygen atoms in total. The molecule has 0 bridgehead atoms. The lowest BCUT2D eigenvalue weighted by molar-refractivity contribution is -0.141. The Morgan fingerprint density at radius 1 is 1.33 bits per heavy atom. The number of rotatable bonds is 6. The number of carbonyl (C=O) groups is 1. The van der Waals surface area contributed by atoms with Crippen LogP contribution in [0.3, 0.4) is 0 Å². The SMILES string of the molecule is CCCOc1c(O)cc(CC(C)C(=O)O)cc1O. The van der Waals surface area contributed by atoms with E-state index in [1.807, 2.05) is 6.92 Å². The summed E-state index contributed by atoms with van der Waals surface area (Å²) in [7, 11) is 0. The van der Waals surface area contributed by atoms with Crippen molar-refractivity contribution in [3.63, 3.8) is 0 Å². The van der Waals surface area contributed by atoms with Crippen LogP contribution in [0.4, 0.5) is 0 Å². The van der Waals surface area contributed by atoms with E-state index in [1.165, 1.54) is 12.1 Å². The number of carboxylic acid groups (broad SMARTS) is 1. The first-order valence-corrected chi connectivity index (χ1v) is 5.86. The van der Waals surface area contributed by atoms with Gasteiger partial charge >= 0.3 is 5.97 Å². The molecule has 3 N–H and O–H groups in total. The number of phenols is 2. The summed E-state index contributed by atoms with van der Waals surface area (Å²) in [5.41, 5.74) is 0.559. The summed E-state index contributed by atoms with van der Waals surface area (Å²) in [6.07, 6.45) is 1.00. The molecule has 1 aromatic rings. The number of ether oxygens (including phenoxy) is 1. The summed E-state index contributed by atoms with van der Waals surface area (Å²) in [5.74, 6) is -1.79. The first-order chi connectivity index (χ1) is 8.45. The summed E-state index contributed by atoms with van der Waals surface area (Å²) < 4.78 is 5.21. The molecule has 1 unspecified atom stereocenters. The molecule has 0 saturated carbocycles. The number of phenolic OH excluding ortho intramolecular Hbond substituents is 2. The van der Waals surface area contributed by atoms with Crippen LogP contribution in [0.25, 0.3) is 0 Å². The van der Waals surface area contributed by atoms with Crippen LogP contribution in [-0.2, 0) is 11.2 Å². The van der Waals surface area contributed by atoms with Crippen molar-refractivity contribution in [3.05, 3.63) is 17.7 Å². The molecule has 18 heavy (non-hydrogen) atoms. The molecule has 0 radical (unpaired) electrons. The van der Waals surface area contributed by atoms with Gasteiger partial charge in [0.05, 0.1) is 12.5 Å². The van der Waals surface area contributed by atoms with Crippen molar-refractivity contribution in [2.45, 2.75) is 26.7 Å². The molecule has 0 aromatic heterocycles. The van der Waals surface area contributed by atoms with Crippen LogP contribution in [0.5, 0.6) is 17.2 Å². The van der Waals surface area contributed by atoms with Crippen LogP contribution >= 0.6 is 0 Å². The molecule has 5 heteroatoms. The molecule has 0 amide bonds. The second-order valence-corrected chi connectivity index (χ2v) is 4.26. The predicted molar refractivity (Wildman–Crippen MR) is 66.1 cm³/mol. The van der Waals surface area contributed by atoms with Gasteiger partial charge in [0.15, 0.2) is 11.5 Å². The average molecular weight is 254 g/mol. The number of hydrogen-bond donors (Lipinski definition) is 3. The zero-order valence-corrected chi connectivity index (χ0v) is 10.5. The van der Waals surface area contributed by atoms with Gasteiger partial charge in [-0.2, -0.15) is 0 Å². The van der Waals surface area contributed by atoms with Gasteiger partial charge in [0.2, 0.25) is 5.75 Å². The van der Waals surface area contributed by atoms with Crippen LogP contribution in [0.2, 0.25) is 0 Å². The van der Waals surface area contributed by atoms with Crippen molar-refractivity contribution in [2.24, 2.45) is 5.92 Å². The Hall–Kier alpha value is -1.91. The van der Waals surface area contributed by atoms with E-state index < -0.39 is 11.9 Å². The maximum absolute atomic E-state index is 10.7. The third kappa shape index (κ3) is 3.55. The average Bonchev–Trinajstić information content (AvgIpc) is 2.27. The van der Waals surface area contributed by atoms with E-state index in [0.29, 0.717) is 12.2 Å². The molecule has 100 valence electrons. The van der Waals surface area contributed by atoms with Gasteiger partial charge in [-0.1, -0.05) is 13.8 Å². The Morgan fingerprint density at radius 3 is 2.33 bits per heavy atom. The summed E-state index contributed by atoms with van der Waals surface area (Å²) in [6, 6.07) is 2.84. The molecular formula is C13H18O5. The van der Waals surface area contributed by atoms with Gasteiger partial charge in [-0.15, -0.1) is 0 Å². The molecule has 1 aromatic carbocycles. The number of hydrogen-bond acceptors (Lipinski definition) is 4. The van der Waals surface area contributed by atoms with E-state index >= 15 is 0 Å². The molecule has 0 aliphatic carbocycles. The third-order valence-electron chi connectivity index (χ3n) is 2.52. The predicted octanol–water partition coefficient (Wildman–Crippen LogP) is 2.15. The van der Waals surface area contributed by atoms with E-state index in [0.717, 1.165) is 6.42 Å². The highest BCUT2D eigenvalue weighted by atomic mass is 16.5. The highest BCUT2D eigenvalue weighted by molar-refractivity contribution is 5.70. The van der Waals surface area contributed by atoms with E-state index in [4.69, 9.17) is 9.84 Å². The van der Waals surface area contributed by atoms with Gasteiger partial charge in [0.1, 0.15) is 0 Å². The van der Waals surface area contributed by atoms with Gasteiger partial charge in [0.25, 0.3) is 0 Å². The Labute approximate surface area is 106 Å². The lowest BCUT2D eigenvalue weighted by Gasteiger charge is -2.12. The van der Waals surface area contributed by atoms with Crippen LogP contribution in [0.15, 0.2) is 12.1 Å². The van der Waals surface area contributed by atoms with Crippen molar-refractivity contribution in [3.8, 4) is 17.2 Å². The first kappa shape index (κ1) is 14.2. The molecule has 1 atom stereocenters. The topological polar surface area (TPSA) is 87.0 Å². The van der Waals surface area contributed by atoms with Crippen molar-refractivity contribution < 1.29 is 24.9 Å². The lowest BCUT2D eigenvalue weighted by Crippen LogP contribution is -2.12. The molecule has 0 fully saturated rings. The zero-order chi connectivity index (χ0) is 13.7. The molecular weight excluding hydrogens is 236 g/mol. The normalized spacial score (nSPS) is 12.1. The fourth-order valence-corrected chi connectivity index (χ4v) is 1.57. The Kier molecular flexibility index (Phi) is 4.83. The Balaban J connectivity index is 2.88. The smallest absolute Gasteiger partial charge is 0.306 e. The fraction of sp³-hybridized carbons (Fsp3) is 0.462. The largest absolute Gasteiger partial charge is 0.504 e. The minimum absolute atomic E-state index is 0.0450. The van der Waals surface area contributed by atoms with Crippen molar-refractivity contribution >= 4 is 5.97 Å². The van der Waals surface area contributed by atoms with E-state index in [-0.39, 0.29) is 23.7 Å². The third-order valence-corrected chi connectivity index (χ3v) is 2.52. The molecule has 0 aliphatic rings. The van der Waals surface area contributed by atoms with E-state index in [1.54, 1.807) is 6.92 Å². The van der Waals surface area contributed by atoms with Crippen LogP contribution in [0.1, 0.15) is 25.8 Å². The number of aromatic hydroxyl groups is 2. The quantitative estimate of drug-likeness (QED) is 0.724. The minimum Gasteiger partial charge on any atom is -0.504 e. The number of carboxylic acids is 1. The standard InChI is InChI=1S/C13H18O5/c1-3-4-18-12-10(14)6-9(7-11(12)15)5-8(2)13(16)17/h6-8,14-15H,3-5H2,1-2H3,(H,16,17). The molecule has 0 heterocycles. The lowest BCUT2D eigenvalue weighted by atomic mass is 10.0. The number of aliphatic carboxylic acids is 1. The Morgan fingerprint density at radius 2 is 1.89 bits per heavy atom. The summed E-state index contributed by atoms with van der Waals surface area (Å²) >= 11 is 0. The monoisotopic (exact) mass is 254 g/mol. The fourth-order valence-electron chi connectivity index (χ4n) is 1.57. The van der Waals surface area contributed by atoms with Crippen molar-refractivity contribution in [2.75, 3.05) is 6.61 Å². The minimum atomic E-state index is -0.916. The highest BCUT2D eigenvalue weighted by Gasteiger charge is 2.16. The van der Waals surface area contributed by atoms with E-state index in [2.05, 4.69) is 0 Å². The van der Waals surface area contributed by atoms with Crippen LogP contribution in [0, 0.1) is 5.92 Å². The van der Waals surface area contributed by atoms with Gasteiger partial charge in [-0.3, -0.25) is 4.79 Å². The number of benzene rings is 1. The van der Waals surface area contributed by atoms with Crippen molar-refractivity contribution in [1.82, 2.24) is 0 Å². The van der Waals surface area contributed by atoms with Crippen LogP contribution in [-0.4, -0.2) is 27.9 Å².